The second-order valence-electron chi connectivity index (χ2n) is 9.57. The first kappa shape index (κ1) is 26.5. The number of hydrogen-bond donors (Lipinski definition) is 1. The number of hydrogen-bond acceptors (Lipinski definition) is 7. The highest BCUT2D eigenvalue weighted by atomic mass is 16.5. The first-order valence-corrected chi connectivity index (χ1v) is 12.4. The van der Waals surface area contributed by atoms with Crippen LogP contribution in [0.2, 0.25) is 0 Å². The summed E-state index contributed by atoms with van der Waals surface area (Å²) in [6, 6.07) is 10.5. The van der Waals surface area contributed by atoms with Crippen molar-refractivity contribution in [3.05, 3.63) is 56.7 Å². The van der Waals surface area contributed by atoms with Crippen LogP contribution in [0.25, 0.3) is 0 Å². The Bertz CT molecular complexity index is 1140. The Labute approximate surface area is 206 Å². The molecule has 9 nitrogen and oxygen atoms in total. The molecule has 0 spiro atoms. The zero-order valence-corrected chi connectivity index (χ0v) is 21.2. The maximum atomic E-state index is 13.0. The molecule has 0 bridgehead atoms. The Morgan fingerprint density at radius 3 is 2.20 bits per heavy atom. The van der Waals surface area contributed by atoms with Crippen LogP contribution >= 0.6 is 0 Å². The average Bonchev–Trinajstić information content (AvgIpc) is 2.84. The van der Waals surface area contributed by atoms with Crippen LogP contribution in [0.1, 0.15) is 46.1 Å². The molecule has 1 aliphatic rings. The fraction of sp³-hybridized carbons (Fsp3) is 0.577. The molecule has 190 valence electrons. The van der Waals surface area contributed by atoms with E-state index in [9.17, 15) is 14.7 Å². The van der Waals surface area contributed by atoms with Gasteiger partial charge in [0.25, 0.3) is 5.56 Å². The van der Waals surface area contributed by atoms with Crippen LogP contribution < -0.4 is 20.9 Å². The lowest BCUT2D eigenvalue weighted by Gasteiger charge is -2.40. The summed E-state index contributed by atoms with van der Waals surface area (Å²) in [5.41, 5.74) is -0.758. The molecule has 1 aromatic carbocycles. The Balaban J connectivity index is 1.64. The number of β-amino-alcohol motifs (C(OH)–C–C–N with tert-alkyl or cyclic N) is 1. The van der Waals surface area contributed by atoms with Crippen LogP contribution in [0.3, 0.4) is 0 Å². The van der Waals surface area contributed by atoms with Gasteiger partial charge in [-0.05, 0) is 51.0 Å². The SMILES string of the molecule is CCCn1c(N2CCN(CC(O)C(C)(C)Oc3ccc(C#N)cc3)CC2)cc(=O)n(CCC)c1=O. The number of aliphatic hydroxyl groups is 1. The number of ether oxygens (including phenoxy) is 1. The van der Waals surface area contributed by atoms with Gasteiger partial charge in [0.15, 0.2) is 0 Å². The highest BCUT2D eigenvalue weighted by Crippen LogP contribution is 2.23. The second kappa shape index (κ2) is 11.6. The van der Waals surface area contributed by atoms with Crippen molar-refractivity contribution in [1.82, 2.24) is 14.0 Å². The molecule has 1 aromatic heterocycles. The van der Waals surface area contributed by atoms with Gasteiger partial charge in [-0.2, -0.15) is 5.26 Å². The maximum absolute atomic E-state index is 13.0. The van der Waals surface area contributed by atoms with E-state index in [1.54, 1.807) is 34.9 Å². The highest BCUT2D eigenvalue weighted by molar-refractivity contribution is 5.39. The zero-order chi connectivity index (χ0) is 25.6. The largest absolute Gasteiger partial charge is 0.485 e. The summed E-state index contributed by atoms with van der Waals surface area (Å²) in [4.78, 5) is 29.8. The van der Waals surface area contributed by atoms with Gasteiger partial charge in [0, 0.05) is 51.9 Å². The molecular weight excluding hydrogens is 446 g/mol. The van der Waals surface area contributed by atoms with E-state index in [4.69, 9.17) is 10.00 Å². The smallest absolute Gasteiger partial charge is 0.332 e. The summed E-state index contributed by atoms with van der Waals surface area (Å²) < 4.78 is 9.06. The third-order valence-corrected chi connectivity index (χ3v) is 6.45. The number of rotatable bonds is 10. The molecule has 1 saturated heterocycles. The van der Waals surface area contributed by atoms with Crippen molar-refractivity contribution in [3.63, 3.8) is 0 Å². The van der Waals surface area contributed by atoms with Gasteiger partial charge >= 0.3 is 5.69 Å². The van der Waals surface area contributed by atoms with E-state index in [2.05, 4.69) is 15.9 Å². The van der Waals surface area contributed by atoms with Crippen LogP contribution in [0.5, 0.6) is 5.75 Å². The number of nitrogens with zero attached hydrogens (tertiary/aromatic N) is 5. The summed E-state index contributed by atoms with van der Waals surface area (Å²) >= 11 is 0. The predicted molar refractivity (Wildman–Crippen MR) is 136 cm³/mol. The molecule has 0 radical (unpaired) electrons. The minimum absolute atomic E-state index is 0.240. The number of benzene rings is 1. The predicted octanol–water partition coefficient (Wildman–Crippen LogP) is 2.04. The van der Waals surface area contributed by atoms with Crippen LogP contribution in [0.15, 0.2) is 39.9 Å². The van der Waals surface area contributed by atoms with Gasteiger partial charge in [-0.15, -0.1) is 0 Å². The van der Waals surface area contributed by atoms with E-state index >= 15 is 0 Å². The third-order valence-electron chi connectivity index (χ3n) is 6.45. The molecular formula is C26H37N5O4. The minimum Gasteiger partial charge on any atom is -0.485 e. The minimum atomic E-state index is -0.823. The summed E-state index contributed by atoms with van der Waals surface area (Å²) in [6.45, 7) is 11.8. The maximum Gasteiger partial charge on any atom is 0.332 e. The van der Waals surface area contributed by atoms with E-state index in [0.717, 1.165) is 12.8 Å². The summed E-state index contributed by atoms with van der Waals surface area (Å²) in [7, 11) is 0. The van der Waals surface area contributed by atoms with Gasteiger partial charge in [0.1, 0.15) is 23.3 Å². The molecule has 1 N–H and O–H groups in total. The van der Waals surface area contributed by atoms with Crippen molar-refractivity contribution in [2.24, 2.45) is 0 Å². The topological polar surface area (TPSA) is 104 Å². The Morgan fingerprint density at radius 2 is 1.63 bits per heavy atom. The van der Waals surface area contributed by atoms with Crippen molar-refractivity contribution >= 4 is 5.82 Å². The number of aliphatic hydroxyl groups excluding tert-OH is 1. The van der Waals surface area contributed by atoms with E-state index in [0.29, 0.717) is 62.9 Å². The fourth-order valence-electron chi connectivity index (χ4n) is 4.32. The van der Waals surface area contributed by atoms with Gasteiger partial charge in [0.2, 0.25) is 0 Å². The molecule has 1 unspecified atom stereocenters. The molecule has 2 heterocycles. The number of anilines is 1. The molecule has 0 saturated carbocycles. The number of nitriles is 1. The van der Waals surface area contributed by atoms with Crippen molar-refractivity contribution in [2.45, 2.75) is 65.3 Å². The lowest BCUT2D eigenvalue weighted by atomic mass is 10.0. The molecule has 1 aliphatic heterocycles. The first-order chi connectivity index (χ1) is 16.7. The summed E-state index contributed by atoms with van der Waals surface area (Å²) in [5.74, 6) is 1.28. The summed E-state index contributed by atoms with van der Waals surface area (Å²) in [5, 5.41) is 19.9. The lowest BCUT2D eigenvalue weighted by Crippen LogP contribution is -2.54. The van der Waals surface area contributed by atoms with Gasteiger partial charge in [-0.25, -0.2) is 4.79 Å². The normalized spacial score (nSPS) is 15.6. The number of piperazine rings is 1. The van der Waals surface area contributed by atoms with Crippen molar-refractivity contribution in [3.8, 4) is 11.8 Å². The molecule has 9 heteroatoms. The second-order valence-corrected chi connectivity index (χ2v) is 9.57. The molecule has 3 rings (SSSR count). The standard InChI is InChI=1S/C26H37N5O4/c1-5-11-30-23(17-24(33)31(12-6-2)25(30)34)29-15-13-28(14-16-29)19-22(32)26(3,4)35-21-9-7-20(18-27)8-10-21/h7-10,17,22,32H,5-6,11-16,19H2,1-4H3. The fourth-order valence-corrected chi connectivity index (χ4v) is 4.32. The van der Waals surface area contributed by atoms with E-state index in [1.807, 2.05) is 27.7 Å². The highest BCUT2D eigenvalue weighted by Gasteiger charge is 2.33. The Morgan fingerprint density at radius 1 is 1.03 bits per heavy atom. The van der Waals surface area contributed by atoms with Gasteiger partial charge in [-0.1, -0.05) is 13.8 Å². The van der Waals surface area contributed by atoms with E-state index in [-0.39, 0.29) is 11.2 Å². The van der Waals surface area contributed by atoms with Gasteiger partial charge < -0.3 is 14.7 Å². The van der Waals surface area contributed by atoms with Crippen molar-refractivity contribution in [2.75, 3.05) is 37.6 Å². The molecule has 0 aliphatic carbocycles. The van der Waals surface area contributed by atoms with Crippen molar-refractivity contribution < 1.29 is 9.84 Å². The number of aromatic nitrogens is 2. The monoisotopic (exact) mass is 483 g/mol. The molecule has 1 atom stereocenters. The average molecular weight is 484 g/mol. The van der Waals surface area contributed by atoms with Crippen LogP contribution in [-0.2, 0) is 13.1 Å². The quantitative estimate of drug-likeness (QED) is 0.552. The van der Waals surface area contributed by atoms with Crippen LogP contribution in [0, 0.1) is 11.3 Å². The molecule has 2 aromatic rings. The van der Waals surface area contributed by atoms with E-state index < -0.39 is 11.7 Å². The van der Waals surface area contributed by atoms with Crippen LogP contribution in [0.4, 0.5) is 5.82 Å². The summed E-state index contributed by atoms with van der Waals surface area (Å²) in [6.07, 6.45) is 0.797. The van der Waals surface area contributed by atoms with Gasteiger partial charge in [0.05, 0.1) is 11.6 Å². The van der Waals surface area contributed by atoms with Crippen LogP contribution in [-0.4, -0.2) is 63.6 Å². The third kappa shape index (κ3) is 6.32. The Kier molecular flexibility index (Phi) is 8.76. The van der Waals surface area contributed by atoms with E-state index in [1.165, 1.54) is 4.57 Å². The molecule has 1 fully saturated rings. The lowest BCUT2D eigenvalue weighted by molar-refractivity contribution is -0.0449. The first-order valence-electron chi connectivity index (χ1n) is 12.4. The Hall–Kier alpha value is -3.09. The van der Waals surface area contributed by atoms with Crippen molar-refractivity contribution in [1.29, 1.82) is 5.26 Å². The zero-order valence-electron chi connectivity index (χ0n) is 21.2. The molecule has 35 heavy (non-hydrogen) atoms. The van der Waals surface area contributed by atoms with Gasteiger partial charge in [-0.3, -0.25) is 18.8 Å². The molecule has 0 amide bonds.